The first-order valence-electron chi connectivity index (χ1n) is 7.78. The van der Waals surface area contributed by atoms with Crippen molar-refractivity contribution in [2.75, 3.05) is 6.61 Å². The zero-order valence-electron chi connectivity index (χ0n) is 12.1. The average Bonchev–Trinajstić information content (AvgIpc) is 3.07. The molecule has 4 nitrogen and oxygen atoms in total. The molecule has 106 valence electrons. The normalized spacial score (nSPS) is 48.7. The molecule has 4 rings (SSSR count). The number of carbonyl (C=O) groups excluding carboxylic acids is 1. The molecule has 1 N–H and O–H groups in total. The number of nitrogens with one attached hydrogen (secondary N) is 1. The van der Waals surface area contributed by atoms with E-state index < -0.39 is 0 Å². The Balaban J connectivity index is 1.67. The summed E-state index contributed by atoms with van der Waals surface area (Å²) in [6.45, 7) is 6.98. The number of hydrogen-bond acceptors (Lipinski definition) is 3. The van der Waals surface area contributed by atoms with Crippen LogP contribution in [0.1, 0.15) is 40.0 Å². The minimum atomic E-state index is -0.177. The maximum absolute atomic E-state index is 12.2. The molecular formula is C15H24N2O2. The SMILES string of the molecule is CCOC(=O)N1N[C@H]2[C@H]3[C@@H]4CC[C@@H](C4)[C@H]3[C@@H]1C2(C)C. The van der Waals surface area contributed by atoms with Gasteiger partial charge in [-0.1, -0.05) is 13.8 Å². The van der Waals surface area contributed by atoms with E-state index in [0.717, 1.165) is 17.8 Å². The van der Waals surface area contributed by atoms with Gasteiger partial charge in [-0.3, -0.25) is 0 Å². The van der Waals surface area contributed by atoms with Crippen LogP contribution in [0.15, 0.2) is 0 Å². The molecule has 0 aromatic heterocycles. The Bertz CT molecular complexity index is 422. The summed E-state index contributed by atoms with van der Waals surface area (Å²) in [6.07, 6.45) is 4.01. The average molecular weight is 264 g/mol. The summed E-state index contributed by atoms with van der Waals surface area (Å²) in [5.41, 5.74) is 3.66. The van der Waals surface area contributed by atoms with Crippen LogP contribution in [0.2, 0.25) is 0 Å². The van der Waals surface area contributed by atoms with Crippen molar-refractivity contribution in [3.8, 4) is 0 Å². The van der Waals surface area contributed by atoms with Crippen molar-refractivity contribution in [3.05, 3.63) is 0 Å². The number of hydrazine groups is 1. The van der Waals surface area contributed by atoms with Crippen molar-refractivity contribution in [3.63, 3.8) is 0 Å². The molecule has 0 spiro atoms. The molecule has 0 aromatic carbocycles. The second-order valence-corrected chi connectivity index (χ2v) is 7.43. The number of ether oxygens (including phenoxy) is 1. The van der Waals surface area contributed by atoms with Crippen molar-refractivity contribution in [1.82, 2.24) is 10.4 Å². The Hall–Kier alpha value is -0.770. The van der Waals surface area contributed by atoms with Crippen LogP contribution in [0.4, 0.5) is 4.79 Å². The quantitative estimate of drug-likeness (QED) is 0.739. The molecule has 4 fully saturated rings. The van der Waals surface area contributed by atoms with E-state index in [1.807, 2.05) is 11.9 Å². The number of carbonyl (C=O) groups is 1. The van der Waals surface area contributed by atoms with Crippen molar-refractivity contribution in [2.45, 2.75) is 52.1 Å². The molecular weight excluding hydrogens is 240 g/mol. The first kappa shape index (κ1) is 12.0. The van der Waals surface area contributed by atoms with Crippen LogP contribution < -0.4 is 5.43 Å². The predicted molar refractivity (Wildman–Crippen MR) is 71.2 cm³/mol. The lowest BCUT2D eigenvalue weighted by atomic mass is 9.78. The largest absolute Gasteiger partial charge is 0.449 e. The van der Waals surface area contributed by atoms with Crippen LogP contribution in [0, 0.1) is 29.1 Å². The van der Waals surface area contributed by atoms with E-state index in [2.05, 4.69) is 19.3 Å². The fraction of sp³-hybridized carbons (Fsp3) is 0.933. The van der Waals surface area contributed by atoms with Gasteiger partial charge in [-0.15, -0.1) is 0 Å². The number of amides is 1. The van der Waals surface area contributed by atoms with E-state index in [9.17, 15) is 4.79 Å². The van der Waals surface area contributed by atoms with E-state index >= 15 is 0 Å². The molecule has 0 aromatic rings. The summed E-state index contributed by atoms with van der Waals surface area (Å²) >= 11 is 0. The third kappa shape index (κ3) is 1.31. The summed E-state index contributed by atoms with van der Waals surface area (Å²) in [4.78, 5) is 12.2. The fourth-order valence-corrected chi connectivity index (χ4v) is 5.87. The van der Waals surface area contributed by atoms with Gasteiger partial charge in [0.2, 0.25) is 0 Å². The molecule has 1 saturated heterocycles. The first-order chi connectivity index (χ1) is 9.05. The van der Waals surface area contributed by atoms with Gasteiger partial charge >= 0.3 is 6.09 Å². The maximum atomic E-state index is 12.2. The molecule has 4 aliphatic rings. The summed E-state index contributed by atoms with van der Waals surface area (Å²) < 4.78 is 5.22. The molecule has 3 aliphatic carbocycles. The minimum absolute atomic E-state index is 0.177. The van der Waals surface area contributed by atoms with Crippen molar-refractivity contribution < 1.29 is 9.53 Å². The summed E-state index contributed by atoms with van der Waals surface area (Å²) in [5, 5.41) is 1.83. The zero-order chi connectivity index (χ0) is 13.4. The van der Waals surface area contributed by atoms with Gasteiger partial charge in [-0.05, 0) is 49.9 Å². The molecule has 19 heavy (non-hydrogen) atoms. The topological polar surface area (TPSA) is 41.6 Å². The van der Waals surface area contributed by atoms with Crippen molar-refractivity contribution in [1.29, 1.82) is 0 Å². The lowest BCUT2D eigenvalue weighted by Gasteiger charge is -2.40. The second kappa shape index (κ2) is 3.66. The number of rotatable bonds is 1. The predicted octanol–water partition coefficient (Wildman–Crippen LogP) is 2.40. The lowest BCUT2D eigenvalue weighted by Crippen LogP contribution is -2.55. The second-order valence-electron chi connectivity index (χ2n) is 7.43. The van der Waals surface area contributed by atoms with Crippen LogP contribution in [-0.4, -0.2) is 29.8 Å². The Labute approximate surface area is 114 Å². The minimum Gasteiger partial charge on any atom is -0.449 e. The third-order valence-corrected chi connectivity index (χ3v) is 6.38. The zero-order valence-corrected chi connectivity index (χ0v) is 12.1. The van der Waals surface area contributed by atoms with Gasteiger partial charge in [-0.2, -0.15) is 0 Å². The van der Waals surface area contributed by atoms with Gasteiger partial charge in [0.15, 0.2) is 0 Å². The molecule has 0 unspecified atom stereocenters. The highest BCUT2D eigenvalue weighted by molar-refractivity contribution is 5.68. The van der Waals surface area contributed by atoms with Gasteiger partial charge < -0.3 is 4.74 Å². The van der Waals surface area contributed by atoms with Gasteiger partial charge in [-0.25, -0.2) is 15.2 Å². The standard InChI is InChI=1S/C15H24N2O2/c1-4-19-14(18)17-13-11-9-6-5-8(7-9)10(11)12(16-17)15(13,2)3/h8-13,16H,4-7H2,1-3H3/t8-,9+,10+,11-,12+,13-/m1/s1. The van der Waals surface area contributed by atoms with E-state index in [-0.39, 0.29) is 11.5 Å². The summed E-state index contributed by atoms with van der Waals surface area (Å²) in [7, 11) is 0. The smallest absolute Gasteiger partial charge is 0.424 e. The lowest BCUT2D eigenvalue weighted by molar-refractivity contribution is 0.0192. The van der Waals surface area contributed by atoms with E-state index in [4.69, 9.17) is 4.74 Å². The van der Waals surface area contributed by atoms with E-state index in [1.54, 1.807) is 0 Å². The van der Waals surface area contributed by atoms with Crippen LogP contribution in [-0.2, 0) is 4.74 Å². The number of hydrogen-bond donors (Lipinski definition) is 1. The van der Waals surface area contributed by atoms with Crippen LogP contribution in [0.5, 0.6) is 0 Å². The highest BCUT2D eigenvalue weighted by Gasteiger charge is 2.70. The fourth-order valence-electron chi connectivity index (χ4n) is 5.87. The summed E-state index contributed by atoms with van der Waals surface area (Å²) in [5.74, 6) is 3.26. The maximum Gasteiger partial charge on any atom is 0.424 e. The molecule has 1 aliphatic heterocycles. The van der Waals surface area contributed by atoms with Crippen LogP contribution >= 0.6 is 0 Å². The monoisotopic (exact) mass is 264 g/mol. The van der Waals surface area contributed by atoms with Gasteiger partial charge in [0.05, 0.1) is 12.6 Å². The van der Waals surface area contributed by atoms with Gasteiger partial charge in [0.25, 0.3) is 0 Å². The molecule has 1 heterocycles. The molecule has 6 atom stereocenters. The summed E-state index contributed by atoms with van der Waals surface area (Å²) in [6, 6.07) is 0.791. The molecule has 0 radical (unpaired) electrons. The van der Waals surface area contributed by atoms with E-state index in [0.29, 0.717) is 24.6 Å². The van der Waals surface area contributed by atoms with Gasteiger partial charge in [0, 0.05) is 11.5 Å². The highest BCUT2D eigenvalue weighted by Crippen LogP contribution is 2.66. The van der Waals surface area contributed by atoms with Crippen molar-refractivity contribution >= 4 is 6.09 Å². The number of fused-ring (bicyclic) bond motifs is 9. The Morgan fingerprint density at radius 1 is 1.32 bits per heavy atom. The third-order valence-electron chi connectivity index (χ3n) is 6.38. The Kier molecular flexibility index (Phi) is 2.31. The van der Waals surface area contributed by atoms with Crippen LogP contribution in [0.25, 0.3) is 0 Å². The van der Waals surface area contributed by atoms with Gasteiger partial charge in [0.1, 0.15) is 0 Å². The molecule has 4 heteroatoms. The van der Waals surface area contributed by atoms with Crippen LogP contribution in [0.3, 0.4) is 0 Å². The van der Waals surface area contributed by atoms with Crippen molar-refractivity contribution in [2.24, 2.45) is 29.1 Å². The first-order valence-corrected chi connectivity index (χ1v) is 7.78. The molecule has 4 bridgehead atoms. The van der Waals surface area contributed by atoms with E-state index in [1.165, 1.54) is 19.3 Å². The number of nitrogens with zero attached hydrogens (tertiary/aromatic N) is 1. The molecule has 3 saturated carbocycles. The molecule has 1 amide bonds. The highest BCUT2D eigenvalue weighted by atomic mass is 16.6. The Morgan fingerprint density at radius 2 is 2.00 bits per heavy atom. The Morgan fingerprint density at radius 3 is 2.68 bits per heavy atom.